The van der Waals surface area contributed by atoms with Gasteiger partial charge >= 0.3 is 0 Å². The highest BCUT2D eigenvalue weighted by molar-refractivity contribution is 9.10. The third kappa shape index (κ3) is 2.70. The summed E-state index contributed by atoms with van der Waals surface area (Å²) in [5.74, 6) is 1.16. The Morgan fingerprint density at radius 1 is 1.35 bits per heavy atom. The molecule has 0 bridgehead atoms. The van der Waals surface area contributed by atoms with Crippen molar-refractivity contribution in [1.29, 1.82) is 0 Å². The van der Waals surface area contributed by atoms with Crippen molar-refractivity contribution < 1.29 is 4.52 Å². The highest BCUT2D eigenvalue weighted by Crippen LogP contribution is 2.21. The Bertz CT molecular complexity index is 494. The second-order valence-corrected chi connectivity index (χ2v) is 5.00. The first kappa shape index (κ1) is 12.2. The van der Waals surface area contributed by atoms with E-state index in [1.54, 1.807) is 6.20 Å². The second-order valence-electron chi connectivity index (χ2n) is 4.09. The van der Waals surface area contributed by atoms with E-state index in [9.17, 15) is 0 Å². The quantitative estimate of drug-likeness (QED) is 0.942. The molecule has 0 saturated heterocycles. The third-order valence-electron chi connectivity index (χ3n) is 2.40. The SMILES string of the molecule is CC(C)C(N)c1nc(-c2ccc(Br)cn2)no1. The zero-order valence-corrected chi connectivity index (χ0v) is 11.2. The van der Waals surface area contributed by atoms with E-state index in [0.717, 1.165) is 4.47 Å². The van der Waals surface area contributed by atoms with E-state index in [2.05, 4.69) is 31.1 Å². The largest absolute Gasteiger partial charge is 0.337 e. The fourth-order valence-electron chi connectivity index (χ4n) is 1.27. The van der Waals surface area contributed by atoms with E-state index in [-0.39, 0.29) is 12.0 Å². The van der Waals surface area contributed by atoms with Crippen LogP contribution < -0.4 is 5.73 Å². The number of nitrogens with zero attached hydrogens (tertiary/aromatic N) is 3. The Hall–Kier alpha value is -1.27. The maximum atomic E-state index is 5.93. The molecule has 1 atom stereocenters. The van der Waals surface area contributed by atoms with Crippen molar-refractivity contribution in [2.24, 2.45) is 11.7 Å². The van der Waals surface area contributed by atoms with Gasteiger partial charge in [-0.05, 0) is 34.0 Å². The summed E-state index contributed by atoms with van der Waals surface area (Å²) >= 11 is 3.32. The molecule has 0 spiro atoms. The molecule has 90 valence electrons. The van der Waals surface area contributed by atoms with Crippen molar-refractivity contribution >= 4 is 15.9 Å². The molecule has 0 aliphatic heterocycles. The summed E-state index contributed by atoms with van der Waals surface area (Å²) < 4.78 is 6.04. The van der Waals surface area contributed by atoms with Crippen molar-refractivity contribution in [3.05, 3.63) is 28.7 Å². The molecule has 5 nitrogen and oxygen atoms in total. The van der Waals surface area contributed by atoms with Crippen LogP contribution in [0.2, 0.25) is 0 Å². The van der Waals surface area contributed by atoms with Gasteiger partial charge in [0, 0.05) is 10.7 Å². The number of aromatic nitrogens is 3. The minimum Gasteiger partial charge on any atom is -0.337 e. The lowest BCUT2D eigenvalue weighted by Crippen LogP contribution is -2.16. The summed E-state index contributed by atoms with van der Waals surface area (Å²) in [5, 5.41) is 3.88. The van der Waals surface area contributed by atoms with Gasteiger partial charge in [-0.1, -0.05) is 19.0 Å². The Balaban J connectivity index is 2.26. The Labute approximate surface area is 108 Å². The number of nitrogens with two attached hydrogens (primary N) is 1. The molecule has 0 amide bonds. The number of pyridine rings is 1. The van der Waals surface area contributed by atoms with E-state index in [0.29, 0.717) is 17.4 Å². The highest BCUT2D eigenvalue weighted by atomic mass is 79.9. The van der Waals surface area contributed by atoms with Crippen molar-refractivity contribution in [1.82, 2.24) is 15.1 Å². The predicted molar refractivity (Wildman–Crippen MR) is 67.0 cm³/mol. The molecule has 2 heterocycles. The average molecular weight is 297 g/mol. The van der Waals surface area contributed by atoms with Gasteiger partial charge in [0.15, 0.2) is 0 Å². The van der Waals surface area contributed by atoms with E-state index < -0.39 is 0 Å². The van der Waals surface area contributed by atoms with Crippen molar-refractivity contribution in [2.45, 2.75) is 19.9 Å². The molecule has 0 aliphatic rings. The van der Waals surface area contributed by atoms with Crippen LogP contribution in [-0.4, -0.2) is 15.1 Å². The zero-order valence-electron chi connectivity index (χ0n) is 9.59. The molecule has 2 rings (SSSR count). The number of halogens is 1. The van der Waals surface area contributed by atoms with Crippen LogP contribution in [0.25, 0.3) is 11.5 Å². The minimum atomic E-state index is -0.244. The standard InChI is InChI=1S/C11H13BrN4O/c1-6(2)9(13)11-15-10(16-17-11)8-4-3-7(12)5-14-8/h3-6,9H,13H2,1-2H3. The highest BCUT2D eigenvalue weighted by Gasteiger charge is 2.18. The predicted octanol–water partition coefficient (Wildman–Crippen LogP) is 2.55. The molecule has 1 unspecified atom stereocenters. The van der Waals surface area contributed by atoms with Crippen LogP contribution in [-0.2, 0) is 0 Å². The van der Waals surface area contributed by atoms with Crippen LogP contribution in [0, 0.1) is 5.92 Å². The van der Waals surface area contributed by atoms with Crippen LogP contribution in [0.1, 0.15) is 25.8 Å². The van der Waals surface area contributed by atoms with Crippen LogP contribution in [0.15, 0.2) is 27.3 Å². The first-order valence-corrected chi connectivity index (χ1v) is 6.08. The maximum Gasteiger partial charge on any atom is 0.244 e. The molecule has 17 heavy (non-hydrogen) atoms. The summed E-state index contributed by atoms with van der Waals surface area (Å²) in [4.78, 5) is 8.44. The zero-order chi connectivity index (χ0) is 12.4. The first-order chi connectivity index (χ1) is 8.08. The van der Waals surface area contributed by atoms with E-state index in [1.807, 2.05) is 26.0 Å². The fourth-order valence-corrected chi connectivity index (χ4v) is 1.50. The molecule has 0 aliphatic carbocycles. The number of hydrogen-bond acceptors (Lipinski definition) is 5. The lowest BCUT2D eigenvalue weighted by Gasteiger charge is -2.09. The summed E-state index contributed by atoms with van der Waals surface area (Å²) in [6, 6.07) is 3.45. The number of rotatable bonds is 3. The van der Waals surface area contributed by atoms with Gasteiger partial charge in [0.2, 0.25) is 11.7 Å². The Morgan fingerprint density at radius 3 is 2.71 bits per heavy atom. The second kappa shape index (κ2) is 4.93. The van der Waals surface area contributed by atoms with Crippen molar-refractivity contribution in [3.8, 4) is 11.5 Å². The van der Waals surface area contributed by atoms with Gasteiger partial charge in [-0.3, -0.25) is 4.98 Å². The molecule has 2 N–H and O–H groups in total. The topological polar surface area (TPSA) is 77.8 Å². The van der Waals surface area contributed by atoms with Gasteiger partial charge in [0.25, 0.3) is 0 Å². The monoisotopic (exact) mass is 296 g/mol. The van der Waals surface area contributed by atoms with Gasteiger partial charge in [-0.25, -0.2) is 0 Å². The third-order valence-corrected chi connectivity index (χ3v) is 2.87. The molecule has 2 aromatic heterocycles. The van der Waals surface area contributed by atoms with E-state index in [1.165, 1.54) is 0 Å². The van der Waals surface area contributed by atoms with Crippen molar-refractivity contribution in [3.63, 3.8) is 0 Å². The molecule has 0 radical (unpaired) electrons. The molecule has 0 fully saturated rings. The maximum absolute atomic E-state index is 5.93. The molecule has 2 aromatic rings. The summed E-state index contributed by atoms with van der Waals surface area (Å²) in [7, 11) is 0. The molecule has 6 heteroatoms. The van der Waals surface area contributed by atoms with Gasteiger partial charge in [-0.2, -0.15) is 4.98 Å². The van der Waals surface area contributed by atoms with Gasteiger partial charge in [0.05, 0.1) is 6.04 Å². The van der Waals surface area contributed by atoms with E-state index in [4.69, 9.17) is 10.3 Å². The van der Waals surface area contributed by atoms with Crippen LogP contribution in [0.4, 0.5) is 0 Å². The first-order valence-electron chi connectivity index (χ1n) is 5.29. The van der Waals surface area contributed by atoms with Gasteiger partial charge in [0.1, 0.15) is 5.69 Å². The van der Waals surface area contributed by atoms with Crippen LogP contribution in [0.3, 0.4) is 0 Å². The Kier molecular flexibility index (Phi) is 3.54. The van der Waals surface area contributed by atoms with Gasteiger partial charge < -0.3 is 10.3 Å². The van der Waals surface area contributed by atoms with E-state index >= 15 is 0 Å². The molecular weight excluding hydrogens is 284 g/mol. The van der Waals surface area contributed by atoms with Gasteiger partial charge in [-0.15, -0.1) is 0 Å². The summed E-state index contributed by atoms with van der Waals surface area (Å²) in [6.07, 6.45) is 1.69. The molecule has 0 aromatic carbocycles. The molecular formula is C11H13BrN4O. The van der Waals surface area contributed by atoms with Crippen LogP contribution in [0.5, 0.6) is 0 Å². The Morgan fingerprint density at radius 2 is 2.12 bits per heavy atom. The van der Waals surface area contributed by atoms with Crippen molar-refractivity contribution in [2.75, 3.05) is 0 Å². The smallest absolute Gasteiger partial charge is 0.244 e. The lowest BCUT2D eigenvalue weighted by molar-refractivity contribution is 0.325. The normalized spacial score (nSPS) is 13.0. The fraction of sp³-hybridized carbons (Fsp3) is 0.364. The minimum absolute atomic E-state index is 0.244. The summed E-state index contributed by atoms with van der Waals surface area (Å²) in [5.41, 5.74) is 6.60. The average Bonchev–Trinajstić information content (AvgIpc) is 2.78. The molecule has 0 saturated carbocycles. The number of hydrogen-bond donors (Lipinski definition) is 1. The van der Waals surface area contributed by atoms with Crippen LogP contribution >= 0.6 is 15.9 Å². The summed E-state index contributed by atoms with van der Waals surface area (Å²) in [6.45, 7) is 4.01. The lowest BCUT2D eigenvalue weighted by atomic mass is 10.1.